The first-order chi connectivity index (χ1) is 8.72. The summed E-state index contributed by atoms with van der Waals surface area (Å²) in [4.78, 5) is 14.7. The third kappa shape index (κ3) is 2.14. The number of fused-ring (bicyclic) bond motifs is 1. The van der Waals surface area contributed by atoms with E-state index in [1.807, 2.05) is 0 Å². The lowest BCUT2D eigenvalue weighted by atomic mass is 10.3. The van der Waals surface area contributed by atoms with E-state index in [4.69, 9.17) is 0 Å². The van der Waals surface area contributed by atoms with Gasteiger partial charge in [0.15, 0.2) is 5.13 Å². The van der Waals surface area contributed by atoms with E-state index in [-0.39, 0.29) is 10.6 Å². The first-order valence-corrected chi connectivity index (χ1v) is 6.56. The molecule has 0 bridgehead atoms. The van der Waals surface area contributed by atoms with E-state index in [0.717, 1.165) is 34.9 Å². The fraction of sp³-hybridized carbons (Fsp3) is 0.364. The molecule has 0 spiro atoms. The van der Waals surface area contributed by atoms with E-state index >= 15 is 0 Å². The van der Waals surface area contributed by atoms with Crippen LogP contribution >= 0.6 is 11.3 Å². The molecule has 2 aromatic rings. The molecule has 1 aromatic carbocycles. The second kappa shape index (κ2) is 4.51. The van der Waals surface area contributed by atoms with Crippen LogP contribution in [0.1, 0.15) is 6.42 Å². The minimum Gasteiger partial charge on any atom is -0.357 e. The van der Waals surface area contributed by atoms with Gasteiger partial charge in [-0.3, -0.25) is 10.1 Å². The van der Waals surface area contributed by atoms with Crippen molar-refractivity contribution >= 4 is 32.4 Å². The molecule has 1 aromatic heterocycles. The molecule has 0 unspecified atom stereocenters. The summed E-state index contributed by atoms with van der Waals surface area (Å²) in [6.07, 6.45) is 1.08. The Labute approximate surface area is 107 Å². The quantitative estimate of drug-likeness (QED) is 0.654. The number of nitrogens with one attached hydrogen (secondary N) is 2. The normalized spacial score (nSPS) is 19.2. The van der Waals surface area contributed by atoms with Crippen molar-refractivity contribution in [2.45, 2.75) is 12.5 Å². The average molecular weight is 264 g/mol. The zero-order chi connectivity index (χ0) is 12.5. The Morgan fingerprint density at radius 1 is 1.56 bits per heavy atom. The molecule has 2 heterocycles. The lowest BCUT2D eigenvalue weighted by Crippen LogP contribution is -2.21. The molecule has 1 aliphatic rings. The van der Waals surface area contributed by atoms with Crippen LogP contribution in [-0.4, -0.2) is 29.0 Å². The van der Waals surface area contributed by atoms with Crippen LogP contribution in [0.5, 0.6) is 0 Å². The van der Waals surface area contributed by atoms with Crippen LogP contribution in [-0.2, 0) is 0 Å². The van der Waals surface area contributed by atoms with Crippen molar-refractivity contribution in [2.75, 3.05) is 18.4 Å². The number of hydrogen-bond acceptors (Lipinski definition) is 6. The Balaban J connectivity index is 1.87. The van der Waals surface area contributed by atoms with E-state index in [2.05, 4.69) is 15.6 Å². The van der Waals surface area contributed by atoms with Gasteiger partial charge in [0.05, 0.1) is 15.1 Å². The number of nitro groups is 1. The zero-order valence-corrected chi connectivity index (χ0v) is 10.4. The van der Waals surface area contributed by atoms with E-state index in [9.17, 15) is 10.1 Å². The highest BCUT2D eigenvalue weighted by Gasteiger charge is 2.16. The summed E-state index contributed by atoms with van der Waals surface area (Å²) in [6, 6.07) is 5.16. The summed E-state index contributed by atoms with van der Waals surface area (Å²) in [5, 5.41) is 18.2. The standard InChI is InChI=1S/C11H12N4O2S/c16-15(17)8-1-2-9-10(5-8)18-11(14-9)13-7-3-4-12-6-7/h1-2,5,7,12H,3-4,6H2,(H,13,14)/t7-/m1/s1. The highest BCUT2D eigenvalue weighted by molar-refractivity contribution is 7.22. The number of non-ortho nitro benzene ring substituents is 1. The Morgan fingerprint density at radius 3 is 3.17 bits per heavy atom. The Kier molecular flexibility index (Phi) is 2.85. The van der Waals surface area contributed by atoms with Gasteiger partial charge < -0.3 is 10.6 Å². The second-order valence-electron chi connectivity index (χ2n) is 4.26. The SMILES string of the molecule is O=[N+]([O-])c1ccc2nc(N[C@@H]3CCNC3)sc2c1. The lowest BCUT2D eigenvalue weighted by Gasteiger charge is -2.08. The van der Waals surface area contributed by atoms with E-state index in [0.29, 0.717) is 6.04 Å². The molecule has 2 N–H and O–H groups in total. The highest BCUT2D eigenvalue weighted by Crippen LogP contribution is 2.29. The minimum absolute atomic E-state index is 0.111. The number of hydrogen-bond donors (Lipinski definition) is 2. The third-order valence-electron chi connectivity index (χ3n) is 2.97. The molecule has 1 atom stereocenters. The number of nitrogens with zero attached hydrogens (tertiary/aromatic N) is 2. The Hall–Kier alpha value is -1.73. The molecule has 0 saturated carbocycles. The topological polar surface area (TPSA) is 80.1 Å². The van der Waals surface area contributed by atoms with E-state index < -0.39 is 0 Å². The molecule has 1 aliphatic heterocycles. The molecule has 0 aliphatic carbocycles. The molecule has 0 amide bonds. The van der Waals surface area contributed by atoms with Gasteiger partial charge in [-0.2, -0.15) is 0 Å². The van der Waals surface area contributed by atoms with Crippen molar-refractivity contribution in [1.82, 2.24) is 10.3 Å². The van der Waals surface area contributed by atoms with Gasteiger partial charge in [-0.15, -0.1) is 0 Å². The van der Waals surface area contributed by atoms with Gasteiger partial charge in [-0.05, 0) is 19.0 Å². The van der Waals surface area contributed by atoms with Gasteiger partial charge in [0.2, 0.25) is 0 Å². The molecule has 94 valence electrons. The average Bonchev–Trinajstić information content (AvgIpc) is 2.96. The Bertz CT molecular complexity index is 592. The molecule has 1 saturated heterocycles. The highest BCUT2D eigenvalue weighted by atomic mass is 32.1. The first-order valence-electron chi connectivity index (χ1n) is 5.74. The van der Waals surface area contributed by atoms with Crippen LogP contribution in [0, 0.1) is 10.1 Å². The van der Waals surface area contributed by atoms with Crippen LogP contribution < -0.4 is 10.6 Å². The predicted octanol–water partition coefficient (Wildman–Crippen LogP) is 1.98. The van der Waals surface area contributed by atoms with Crippen LogP contribution in [0.25, 0.3) is 10.2 Å². The van der Waals surface area contributed by atoms with E-state index in [1.165, 1.54) is 17.4 Å². The predicted molar refractivity (Wildman–Crippen MR) is 71.2 cm³/mol. The van der Waals surface area contributed by atoms with Crippen molar-refractivity contribution in [2.24, 2.45) is 0 Å². The number of anilines is 1. The maximum atomic E-state index is 10.7. The number of thiazole rings is 1. The van der Waals surface area contributed by atoms with Crippen LogP contribution in [0.4, 0.5) is 10.8 Å². The number of benzene rings is 1. The molecule has 1 fully saturated rings. The maximum Gasteiger partial charge on any atom is 0.270 e. The molecule has 18 heavy (non-hydrogen) atoms. The summed E-state index contributed by atoms with van der Waals surface area (Å²) in [5.41, 5.74) is 0.916. The van der Waals surface area contributed by atoms with Gasteiger partial charge in [-0.1, -0.05) is 11.3 Å². The molecule has 6 nitrogen and oxygen atoms in total. The minimum atomic E-state index is -0.382. The van der Waals surface area contributed by atoms with Gasteiger partial charge in [0, 0.05) is 24.7 Å². The van der Waals surface area contributed by atoms with Crippen molar-refractivity contribution in [3.63, 3.8) is 0 Å². The summed E-state index contributed by atoms with van der Waals surface area (Å²) in [7, 11) is 0. The van der Waals surface area contributed by atoms with Gasteiger partial charge in [0.1, 0.15) is 0 Å². The first kappa shape index (κ1) is 11.4. The summed E-state index contributed by atoms with van der Waals surface area (Å²) < 4.78 is 0.845. The zero-order valence-electron chi connectivity index (χ0n) is 9.55. The Morgan fingerprint density at radius 2 is 2.44 bits per heavy atom. The molecular weight excluding hydrogens is 252 g/mol. The fourth-order valence-corrected chi connectivity index (χ4v) is 3.02. The fourth-order valence-electron chi connectivity index (χ4n) is 2.04. The molecule has 3 rings (SSSR count). The van der Waals surface area contributed by atoms with Gasteiger partial charge in [-0.25, -0.2) is 4.98 Å². The monoisotopic (exact) mass is 264 g/mol. The van der Waals surface area contributed by atoms with Crippen LogP contribution in [0.15, 0.2) is 18.2 Å². The van der Waals surface area contributed by atoms with Crippen molar-refractivity contribution in [3.05, 3.63) is 28.3 Å². The lowest BCUT2D eigenvalue weighted by molar-refractivity contribution is -0.384. The van der Waals surface area contributed by atoms with Crippen molar-refractivity contribution < 1.29 is 4.92 Å². The van der Waals surface area contributed by atoms with Crippen LogP contribution in [0.3, 0.4) is 0 Å². The molecular formula is C11H12N4O2S. The number of rotatable bonds is 3. The number of nitro benzene ring substituents is 1. The second-order valence-corrected chi connectivity index (χ2v) is 5.29. The van der Waals surface area contributed by atoms with Crippen LogP contribution in [0.2, 0.25) is 0 Å². The van der Waals surface area contributed by atoms with Crippen molar-refractivity contribution in [1.29, 1.82) is 0 Å². The summed E-state index contributed by atoms with van der Waals surface area (Å²) in [5.74, 6) is 0. The van der Waals surface area contributed by atoms with Gasteiger partial charge >= 0.3 is 0 Å². The summed E-state index contributed by atoms with van der Waals surface area (Å²) in [6.45, 7) is 1.96. The largest absolute Gasteiger partial charge is 0.357 e. The van der Waals surface area contributed by atoms with Gasteiger partial charge in [0.25, 0.3) is 5.69 Å². The smallest absolute Gasteiger partial charge is 0.270 e. The third-order valence-corrected chi connectivity index (χ3v) is 3.92. The van der Waals surface area contributed by atoms with E-state index in [1.54, 1.807) is 12.1 Å². The number of aromatic nitrogens is 1. The molecule has 7 heteroatoms. The summed E-state index contributed by atoms with van der Waals surface area (Å²) >= 11 is 1.46. The maximum absolute atomic E-state index is 10.7. The van der Waals surface area contributed by atoms with Crippen molar-refractivity contribution in [3.8, 4) is 0 Å². The molecule has 0 radical (unpaired) electrons.